The molecule has 2 aliphatic rings. The molecule has 6 heteroatoms. The summed E-state index contributed by atoms with van der Waals surface area (Å²) in [5.41, 5.74) is 0.542. The molecule has 28 heavy (non-hydrogen) atoms. The number of amides is 1. The highest BCUT2D eigenvalue weighted by molar-refractivity contribution is 5.86. The van der Waals surface area contributed by atoms with Crippen molar-refractivity contribution in [2.75, 3.05) is 46.6 Å². The Bertz CT molecular complexity index is 634. The van der Waals surface area contributed by atoms with E-state index in [1.807, 2.05) is 17.0 Å². The predicted octanol–water partition coefficient (Wildman–Crippen LogP) is 2.70. The van der Waals surface area contributed by atoms with E-state index in [1.54, 1.807) is 7.11 Å². The molecule has 0 radical (unpaired) electrons. The molecule has 6 nitrogen and oxygen atoms in total. The molecule has 1 aromatic rings. The summed E-state index contributed by atoms with van der Waals surface area (Å²) in [7, 11) is 1.67. The van der Waals surface area contributed by atoms with Crippen molar-refractivity contribution in [2.45, 2.75) is 51.3 Å². The van der Waals surface area contributed by atoms with E-state index in [-0.39, 0.29) is 11.9 Å². The zero-order valence-electron chi connectivity index (χ0n) is 17.5. The molecule has 1 aromatic carbocycles. The van der Waals surface area contributed by atoms with Gasteiger partial charge in [0.25, 0.3) is 5.91 Å². The summed E-state index contributed by atoms with van der Waals surface area (Å²) in [6.45, 7) is 9.10. The van der Waals surface area contributed by atoms with Gasteiger partial charge in [-0.3, -0.25) is 9.69 Å². The molecule has 2 aliphatic heterocycles. The number of morpholine rings is 1. The summed E-state index contributed by atoms with van der Waals surface area (Å²) in [6.07, 6.45) is 2.91. The van der Waals surface area contributed by atoms with Crippen molar-refractivity contribution in [3.8, 4) is 5.75 Å². The number of methoxy groups -OCH3 is 1. The highest BCUT2D eigenvalue weighted by Gasteiger charge is 2.47. The van der Waals surface area contributed by atoms with Crippen LogP contribution in [0.1, 0.15) is 38.7 Å². The van der Waals surface area contributed by atoms with Gasteiger partial charge in [0.15, 0.2) is 5.60 Å². The normalized spacial score (nSPS) is 24.0. The third-order valence-electron chi connectivity index (χ3n) is 5.65. The van der Waals surface area contributed by atoms with Crippen LogP contribution in [0.5, 0.6) is 5.75 Å². The molecule has 0 bridgehead atoms. The number of nitrogens with zero attached hydrogens (tertiary/aromatic N) is 2. The highest BCUT2D eigenvalue weighted by Crippen LogP contribution is 2.31. The third-order valence-corrected chi connectivity index (χ3v) is 5.65. The molecule has 2 heterocycles. The van der Waals surface area contributed by atoms with Gasteiger partial charge < -0.3 is 19.1 Å². The van der Waals surface area contributed by atoms with E-state index in [9.17, 15) is 4.79 Å². The lowest BCUT2D eigenvalue weighted by Gasteiger charge is -2.43. The monoisotopic (exact) mass is 390 g/mol. The number of hydrogen-bond acceptors (Lipinski definition) is 5. The highest BCUT2D eigenvalue weighted by atomic mass is 16.5. The van der Waals surface area contributed by atoms with Gasteiger partial charge in [-0.05, 0) is 50.8 Å². The minimum atomic E-state index is -0.678. The van der Waals surface area contributed by atoms with Gasteiger partial charge in [-0.15, -0.1) is 0 Å². The van der Waals surface area contributed by atoms with Gasteiger partial charge in [-0.25, -0.2) is 0 Å². The maximum absolute atomic E-state index is 13.3. The molecule has 1 amide bonds. The Morgan fingerprint density at radius 1 is 1.14 bits per heavy atom. The number of carbonyl (C=O) groups excluding carboxylic acids is 1. The number of likely N-dealkylation sites (tertiary alicyclic amines) is 1. The second-order valence-corrected chi connectivity index (χ2v) is 8.09. The smallest absolute Gasteiger partial charge is 0.256 e. The molecule has 0 aromatic heterocycles. The van der Waals surface area contributed by atoms with E-state index in [1.165, 1.54) is 5.56 Å². The lowest BCUT2D eigenvalue weighted by molar-refractivity contribution is -0.172. The number of ether oxygens (including phenoxy) is 3. The number of carbonyl (C=O) groups is 1. The quantitative estimate of drug-likeness (QED) is 0.670. The SMILES string of the molecule is COCCOc1ccc(CN2CCOC3(CCCCN(C(C)C)C3=O)C2)cc1. The van der Waals surface area contributed by atoms with Crippen LogP contribution in [0, 0.1) is 0 Å². The average Bonchev–Trinajstić information content (AvgIpc) is 2.83. The first-order valence-corrected chi connectivity index (χ1v) is 10.4. The van der Waals surface area contributed by atoms with Crippen LogP contribution in [-0.2, 0) is 20.8 Å². The maximum atomic E-state index is 13.3. The van der Waals surface area contributed by atoms with E-state index in [4.69, 9.17) is 14.2 Å². The van der Waals surface area contributed by atoms with Crippen molar-refractivity contribution in [1.82, 2.24) is 9.80 Å². The van der Waals surface area contributed by atoms with Crippen molar-refractivity contribution >= 4 is 5.91 Å². The second-order valence-electron chi connectivity index (χ2n) is 8.09. The van der Waals surface area contributed by atoms with Crippen LogP contribution < -0.4 is 4.74 Å². The summed E-state index contributed by atoms with van der Waals surface area (Å²) < 4.78 is 16.8. The molecule has 0 saturated carbocycles. The minimum absolute atomic E-state index is 0.173. The molecule has 1 spiro atoms. The van der Waals surface area contributed by atoms with E-state index < -0.39 is 5.60 Å². The lowest BCUT2D eigenvalue weighted by Crippen LogP contribution is -2.60. The summed E-state index contributed by atoms with van der Waals surface area (Å²) in [6, 6.07) is 8.41. The van der Waals surface area contributed by atoms with Crippen LogP contribution in [0.3, 0.4) is 0 Å². The first-order valence-electron chi connectivity index (χ1n) is 10.4. The first kappa shape index (κ1) is 21.1. The molecule has 0 aliphatic carbocycles. The minimum Gasteiger partial charge on any atom is -0.491 e. The fourth-order valence-electron chi connectivity index (χ4n) is 4.12. The molecule has 1 atom stereocenters. The number of hydrogen-bond donors (Lipinski definition) is 0. The van der Waals surface area contributed by atoms with E-state index >= 15 is 0 Å². The van der Waals surface area contributed by atoms with E-state index in [0.717, 1.165) is 44.6 Å². The second kappa shape index (κ2) is 9.72. The fourth-order valence-corrected chi connectivity index (χ4v) is 4.12. The van der Waals surface area contributed by atoms with Gasteiger partial charge in [0.2, 0.25) is 0 Å². The van der Waals surface area contributed by atoms with Gasteiger partial charge in [-0.1, -0.05) is 12.1 Å². The van der Waals surface area contributed by atoms with Crippen LogP contribution in [0.25, 0.3) is 0 Å². The van der Waals surface area contributed by atoms with Crippen molar-refractivity contribution in [3.05, 3.63) is 29.8 Å². The Kier molecular flexibility index (Phi) is 7.32. The van der Waals surface area contributed by atoms with Crippen LogP contribution >= 0.6 is 0 Å². The molecule has 2 saturated heterocycles. The fraction of sp³-hybridized carbons (Fsp3) is 0.682. The van der Waals surface area contributed by atoms with E-state index in [0.29, 0.717) is 26.4 Å². The van der Waals surface area contributed by atoms with E-state index in [2.05, 4.69) is 30.9 Å². The van der Waals surface area contributed by atoms with Gasteiger partial charge in [0.05, 0.1) is 13.2 Å². The zero-order valence-corrected chi connectivity index (χ0v) is 17.5. The molecule has 2 fully saturated rings. The Morgan fingerprint density at radius 2 is 1.93 bits per heavy atom. The third kappa shape index (κ3) is 5.04. The van der Waals surface area contributed by atoms with Crippen LogP contribution in [0.4, 0.5) is 0 Å². The molecule has 3 rings (SSSR count). The Morgan fingerprint density at radius 3 is 2.64 bits per heavy atom. The maximum Gasteiger partial charge on any atom is 0.256 e. The van der Waals surface area contributed by atoms with Gasteiger partial charge >= 0.3 is 0 Å². The largest absolute Gasteiger partial charge is 0.491 e. The van der Waals surface area contributed by atoms with Crippen molar-refractivity contribution in [3.63, 3.8) is 0 Å². The molecule has 156 valence electrons. The zero-order chi connectivity index (χ0) is 20.0. The average molecular weight is 391 g/mol. The lowest BCUT2D eigenvalue weighted by atomic mass is 9.93. The van der Waals surface area contributed by atoms with Gasteiger partial charge in [-0.2, -0.15) is 0 Å². The summed E-state index contributed by atoms with van der Waals surface area (Å²) in [4.78, 5) is 17.6. The molecule has 0 N–H and O–H groups in total. The summed E-state index contributed by atoms with van der Waals surface area (Å²) >= 11 is 0. The van der Waals surface area contributed by atoms with Crippen LogP contribution in [-0.4, -0.2) is 73.9 Å². The van der Waals surface area contributed by atoms with Crippen LogP contribution in [0.2, 0.25) is 0 Å². The number of rotatable bonds is 7. The Hall–Kier alpha value is -1.63. The predicted molar refractivity (Wildman–Crippen MR) is 108 cm³/mol. The van der Waals surface area contributed by atoms with Gasteiger partial charge in [0.1, 0.15) is 12.4 Å². The molecular formula is C22H34N2O4. The van der Waals surface area contributed by atoms with Crippen molar-refractivity contribution in [2.24, 2.45) is 0 Å². The molecular weight excluding hydrogens is 356 g/mol. The van der Waals surface area contributed by atoms with Crippen molar-refractivity contribution < 1.29 is 19.0 Å². The van der Waals surface area contributed by atoms with Crippen LogP contribution in [0.15, 0.2) is 24.3 Å². The van der Waals surface area contributed by atoms with Gasteiger partial charge in [0, 0.05) is 39.3 Å². The summed E-state index contributed by atoms with van der Waals surface area (Å²) in [5.74, 6) is 1.03. The summed E-state index contributed by atoms with van der Waals surface area (Å²) in [5, 5.41) is 0. The standard InChI is InChI=1S/C22H34N2O4/c1-18(2)24-11-5-4-10-22(21(24)25)17-23(12-13-28-22)16-19-6-8-20(9-7-19)27-15-14-26-3/h6-9,18H,4-5,10-17H2,1-3H3. The number of benzene rings is 1. The molecule has 1 unspecified atom stereocenters. The first-order chi connectivity index (χ1) is 13.5. The Balaban J connectivity index is 1.63. The van der Waals surface area contributed by atoms with Crippen molar-refractivity contribution in [1.29, 1.82) is 0 Å². The Labute approximate surface area is 168 Å². The topological polar surface area (TPSA) is 51.2 Å².